The molecule has 1 unspecified atom stereocenters. The average molecular weight is 488 g/mol. The summed E-state index contributed by atoms with van der Waals surface area (Å²) in [6.45, 7) is 2.23. The summed E-state index contributed by atoms with van der Waals surface area (Å²) in [7, 11) is 0. The van der Waals surface area contributed by atoms with E-state index in [0.717, 1.165) is 16.7 Å². The van der Waals surface area contributed by atoms with Crippen LogP contribution in [0, 0.1) is 6.92 Å². The number of carbonyl (C=O) groups is 2. The van der Waals surface area contributed by atoms with E-state index in [-0.39, 0.29) is 18.5 Å². The van der Waals surface area contributed by atoms with Crippen LogP contribution in [-0.2, 0) is 11.4 Å². The van der Waals surface area contributed by atoms with Crippen LogP contribution in [0.5, 0.6) is 11.5 Å². The number of H-pyrrole nitrogens is 1. The Kier molecular flexibility index (Phi) is 7.60. The summed E-state index contributed by atoms with van der Waals surface area (Å²) in [6, 6.07) is 17.9. The maximum absolute atomic E-state index is 11.4. The average Bonchev–Trinajstić information content (AvgIpc) is 3.37. The normalized spacial score (nSPS) is 11.6. The highest BCUT2D eigenvalue weighted by Gasteiger charge is 2.21. The minimum Gasteiger partial charge on any atom is -0.489 e. The van der Waals surface area contributed by atoms with E-state index in [0.29, 0.717) is 29.4 Å². The second kappa shape index (κ2) is 11.2. The lowest BCUT2D eigenvalue weighted by molar-refractivity contribution is -0.137. The number of hydrogen-bond acceptors (Lipinski definition) is 6. The molecule has 9 nitrogen and oxygen atoms in total. The molecule has 184 valence electrons. The van der Waals surface area contributed by atoms with Crippen molar-refractivity contribution in [3.63, 3.8) is 0 Å². The number of aryl methyl sites for hydroxylation is 1. The topological polar surface area (TPSA) is 135 Å². The minimum absolute atomic E-state index is 0.0609. The maximum Gasteiger partial charge on any atom is 0.353 e. The molecule has 2 aromatic heterocycles. The molecule has 1 atom stereocenters. The number of rotatable bonds is 11. The summed E-state index contributed by atoms with van der Waals surface area (Å²) < 4.78 is 12.4. The number of aliphatic carboxylic acids is 1. The van der Waals surface area contributed by atoms with Crippen LogP contribution in [0.2, 0.25) is 0 Å². The summed E-state index contributed by atoms with van der Waals surface area (Å²) >= 11 is 0. The molecule has 2 heterocycles. The summed E-state index contributed by atoms with van der Waals surface area (Å²) in [5.74, 6) is -1.15. The van der Waals surface area contributed by atoms with E-state index in [1.165, 1.54) is 6.07 Å². The molecule has 0 fully saturated rings. The number of nitrogens with one attached hydrogen (secondary N) is 1. The predicted octanol–water partition coefficient (Wildman–Crippen LogP) is 5.04. The molecule has 0 aliphatic heterocycles. The molecule has 0 amide bonds. The molecule has 0 bridgehead atoms. The van der Waals surface area contributed by atoms with Crippen LogP contribution in [0.15, 0.2) is 73.1 Å². The number of benzene rings is 2. The van der Waals surface area contributed by atoms with Crippen molar-refractivity contribution >= 4 is 11.9 Å². The second-order valence-electron chi connectivity index (χ2n) is 8.18. The van der Waals surface area contributed by atoms with Crippen molar-refractivity contribution in [2.45, 2.75) is 32.5 Å². The molecule has 36 heavy (non-hydrogen) atoms. The monoisotopic (exact) mass is 487 g/mol. The first-order valence-electron chi connectivity index (χ1n) is 11.3. The number of carboxylic acid groups (broad SMARTS) is 2. The van der Waals surface area contributed by atoms with Crippen LogP contribution in [0.4, 0.5) is 0 Å². The number of ether oxygens (including phenoxy) is 2. The SMILES string of the molecule is Cc1ccccc1C(CCC(=O)O)Oc1cc(OCc2cccnc2)ccc1-c1cc(C(=O)O)[nH]n1. The van der Waals surface area contributed by atoms with Crippen molar-refractivity contribution in [3.05, 3.63) is 95.4 Å². The van der Waals surface area contributed by atoms with Crippen molar-refractivity contribution in [1.29, 1.82) is 0 Å². The van der Waals surface area contributed by atoms with E-state index in [1.54, 1.807) is 30.6 Å². The van der Waals surface area contributed by atoms with Gasteiger partial charge in [-0.2, -0.15) is 5.10 Å². The fourth-order valence-corrected chi connectivity index (χ4v) is 3.75. The van der Waals surface area contributed by atoms with Crippen LogP contribution in [0.1, 0.15) is 46.1 Å². The largest absolute Gasteiger partial charge is 0.489 e. The molecule has 0 aliphatic carbocycles. The lowest BCUT2D eigenvalue weighted by Gasteiger charge is -2.23. The molecule has 0 aliphatic rings. The van der Waals surface area contributed by atoms with Gasteiger partial charge in [0.1, 0.15) is 29.9 Å². The van der Waals surface area contributed by atoms with Crippen molar-refractivity contribution in [2.24, 2.45) is 0 Å². The van der Waals surface area contributed by atoms with Crippen LogP contribution in [0.25, 0.3) is 11.3 Å². The number of pyridine rings is 1. The van der Waals surface area contributed by atoms with Gasteiger partial charge in [0, 0.05) is 36.0 Å². The molecule has 2 aromatic carbocycles. The molecule has 9 heteroatoms. The first-order chi connectivity index (χ1) is 17.4. The number of aromatic nitrogens is 3. The highest BCUT2D eigenvalue weighted by Crippen LogP contribution is 2.37. The van der Waals surface area contributed by atoms with E-state index in [9.17, 15) is 19.8 Å². The lowest BCUT2D eigenvalue weighted by atomic mass is 9.99. The van der Waals surface area contributed by atoms with Crippen molar-refractivity contribution in [1.82, 2.24) is 15.2 Å². The van der Waals surface area contributed by atoms with Gasteiger partial charge >= 0.3 is 11.9 Å². The molecule has 3 N–H and O–H groups in total. The fraction of sp³-hybridized carbons (Fsp3) is 0.185. The van der Waals surface area contributed by atoms with Crippen LogP contribution in [-0.4, -0.2) is 37.3 Å². The van der Waals surface area contributed by atoms with Gasteiger partial charge < -0.3 is 19.7 Å². The zero-order valence-electron chi connectivity index (χ0n) is 19.5. The van der Waals surface area contributed by atoms with Crippen LogP contribution >= 0.6 is 0 Å². The highest BCUT2D eigenvalue weighted by molar-refractivity contribution is 5.87. The third kappa shape index (κ3) is 6.06. The first-order valence-corrected chi connectivity index (χ1v) is 11.3. The number of aromatic carboxylic acids is 1. The standard InChI is InChI=1S/C27H25N3O6/c1-17-5-2-3-7-20(17)24(10-11-26(31)32)36-25-13-19(35-16-18-6-4-12-28-15-18)8-9-21(25)22-14-23(27(33)34)30-29-22/h2-9,12-15,24H,10-11,16H2,1H3,(H,29,30)(H,31,32)(H,33,34). The third-order valence-corrected chi connectivity index (χ3v) is 5.59. The van der Waals surface area contributed by atoms with Gasteiger partial charge in [0.05, 0.1) is 5.69 Å². The quantitative estimate of drug-likeness (QED) is 0.268. The number of hydrogen-bond donors (Lipinski definition) is 3. The smallest absolute Gasteiger partial charge is 0.353 e. The van der Waals surface area contributed by atoms with Gasteiger partial charge in [-0.15, -0.1) is 0 Å². The molecule has 4 aromatic rings. The van der Waals surface area contributed by atoms with Gasteiger partial charge in [0.25, 0.3) is 0 Å². The van der Waals surface area contributed by atoms with Gasteiger partial charge in [-0.3, -0.25) is 14.9 Å². The van der Waals surface area contributed by atoms with Gasteiger partial charge in [0.2, 0.25) is 0 Å². The Labute approximate surface area is 207 Å². The van der Waals surface area contributed by atoms with E-state index in [4.69, 9.17) is 9.47 Å². The van der Waals surface area contributed by atoms with Crippen molar-refractivity contribution < 1.29 is 29.3 Å². The Morgan fingerprint density at radius 3 is 2.58 bits per heavy atom. The van der Waals surface area contributed by atoms with Gasteiger partial charge in [-0.05, 0) is 48.7 Å². The Hall–Kier alpha value is -4.66. The molecule has 4 rings (SSSR count). The van der Waals surface area contributed by atoms with Crippen LogP contribution < -0.4 is 9.47 Å². The van der Waals surface area contributed by atoms with Gasteiger partial charge in [-0.25, -0.2) is 4.79 Å². The van der Waals surface area contributed by atoms with Crippen LogP contribution in [0.3, 0.4) is 0 Å². The van der Waals surface area contributed by atoms with E-state index < -0.39 is 18.0 Å². The highest BCUT2D eigenvalue weighted by atomic mass is 16.5. The molecular formula is C27H25N3O6. The Balaban J connectivity index is 1.70. The van der Waals surface area contributed by atoms with E-state index in [1.807, 2.05) is 43.3 Å². The summed E-state index contributed by atoms with van der Waals surface area (Å²) in [4.78, 5) is 26.8. The molecule has 0 saturated carbocycles. The Bertz CT molecular complexity index is 1350. The molecular weight excluding hydrogens is 462 g/mol. The first kappa shape index (κ1) is 24.5. The zero-order chi connectivity index (χ0) is 25.5. The molecule has 0 spiro atoms. The fourth-order valence-electron chi connectivity index (χ4n) is 3.75. The number of nitrogens with zero attached hydrogens (tertiary/aromatic N) is 2. The second-order valence-corrected chi connectivity index (χ2v) is 8.18. The lowest BCUT2D eigenvalue weighted by Crippen LogP contribution is -2.12. The summed E-state index contributed by atoms with van der Waals surface area (Å²) in [5.41, 5.74) is 3.58. The van der Waals surface area contributed by atoms with Crippen molar-refractivity contribution in [2.75, 3.05) is 0 Å². The predicted molar refractivity (Wildman–Crippen MR) is 131 cm³/mol. The molecule has 0 saturated heterocycles. The van der Waals surface area contributed by atoms with Gasteiger partial charge in [0.15, 0.2) is 0 Å². The number of carboxylic acids is 2. The van der Waals surface area contributed by atoms with E-state index in [2.05, 4.69) is 15.2 Å². The number of aromatic amines is 1. The summed E-state index contributed by atoms with van der Waals surface area (Å²) in [6.07, 6.45) is 2.98. The minimum atomic E-state index is -1.13. The van der Waals surface area contributed by atoms with Crippen molar-refractivity contribution in [3.8, 4) is 22.8 Å². The van der Waals surface area contributed by atoms with Gasteiger partial charge in [-0.1, -0.05) is 30.3 Å². The summed E-state index contributed by atoms with van der Waals surface area (Å²) in [5, 5.41) is 25.2. The zero-order valence-corrected chi connectivity index (χ0v) is 19.5. The van der Waals surface area contributed by atoms with E-state index >= 15 is 0 Å². The molecule has 0 radical (unpaired) electrons. The Morgan fingerprint density at radius 1 is 1.06 bits per heavy atom. The Morgan fingerprint density at radius 2 is 1.89 bits per heavy atom. The third-order valence-electron chi connectivity index (χ3n) is 5.59. The maximum atomic E-state index is 11.4.